The Morgan fingerprint density at radius 1 is 0.920 bits per heavy atom. The number of nitrogens with one attached hydrogen (secondary N) is 1. The Kier molecular flexibility index (Phi) is 4.99. The van der Waals surface area contributed by atoms with Crippen molar-refractivity contribution in [2.75, 3.05) is 26.6 Å². The molecule has 0 saturated heterocycles. The van der Waals surface area contributed by atoms with Crippen LogP contribution in [0, 0.1) is 5.82 Å². The van der Waals surface area contributed by atoms with E-state index in [0.717, 1.165) is 11.3 Å². The number of benzene rings is 2. The van der Waals surface area contributed by atoms with Gasteiger partial charge in [0.05, 0.1) is 21.3 Å². The molecule has 0 atom stereocenters. The highest BCUT2D eigenvalue weighted by atomic mass is 32.1. The lowest BCUT2D eigenvalue weighted by atomic mass is 10.2. The van der Waals surface area contributed by atoms with Crippen LogP contribution in [0.15, 0.2) is 36.4 Å². The summed E-state index contributed by atoms with van der Waals surface area (Å²) in [6.07, 6.45) is 0. The molecule has 8 heteroatoms. The minimum atomic E-state index is -0.291. The second-order valence-electron chi connectivity index (χ2n) is 4.96. The molecule has 0 aliphatic rings. The third-order valence-electron chi connectivity index (χ3n) is 3.43. The number of hydrogen-bond donors (Lipinski definition) is 1. The number of methoxy groups -OCH3 is 3. The molecular weight excluding hydrogens is 345 g/mol. The number of hydrogen-bond acceptors (Lipinski definition) is 7. The lowest BCUT2D eigenvalue weighted by molar-refractivity contribution is 0.324. The molecule has 25 heavy (non-hydrogen) atoms. The summed E-state index contributed by atoms with van der Waals surface area (Å²) in [4.78, 5) is 0. The number of anilines is 2. The van der Waals surface area contributed by atoms with Crippen LogP contribution in [0.3, 0.4) is 0 Å². The van der Waals surface area contributed by atoms with Crippen molar-refractivity contribution in [3.05, 3.63) is 42.2 Å². The van der Waals surface area contributed by atoms with Crippen LogP contribution < -0.4 is 19.5 Å². The molecule has 0 bridgehead atoms. The zero-order valence-electron chi connectivity index (χ0n) is 13.9. The maximum Gasteiger partial charge on any atom is 0.210 e. The van der Waals surface area contributed by atoms with Crippen LogP contribution >= 0.6 is 11.3 Å². The van der Waals surface area contributed by atoms with Gasteiger partial charge in [0.2, 0.25) is 10.9 Å². The molecule has 3 rings (SSSR count). The number of ether oxygens (including phenoxy) is 3. The fourth-order valence-corrected chi connectivity index (χ4v) is 3.00. The van der Waals surface area contributed by atoms with Gasteiger partial charge in [-0.15, -0.1) is 10.2 Å². The molecule has 130 valence electrons. The van der Waals surface area contributed by atoms with Crippen molar-refractivity contribution in [1.29, 1.82) is 0 Å². The highest BCUT2D eigenvalue weighted by Crippen LogP contribution is 2.42. The summed E-state index contributed by atoms with van der Waals surface area (Å²) in [5, 5.41) is 12.7. The van der Waals surface area contributed by atoms with Crippen LogP contribution in [0.4, 0.5) is 15.2 Å². The van der Waals surface area contributed by atoms with E-state index in [0.29, 0.717) is 27.4 Å². The van der Waals surface area contributed by atoms with Gasteiger partial charge in [0.15, 0.2) is 11.5 Å². The van der Waals surface area contributed by atoms with Gasteiger partial charge >= 0.3 is 0 Å². The second kappa shape index (κ2) is 7.35. The van der Waals surface area contributed by atoms with Gasteiger partial charge in [-0.1, -0.05) is 11.3 Å². The molecule has 0 unspecified atom stereocenters. The Morgan fingerprint density at radius 2 is 1.56 bits per heavy atom. The van der Waals surface area contributed by atoms with Gasteiger partial charge in [-0.2, -0.15) is 0 Å². The fourth-order valence-electron chi connectivity index (χ4n) is 2.25. The Balaban J connectivity index is 1.90. The monoisotopic (exact) mass is 361 g/mol. The van der Waals surface area contributed by atoms with Crippen LogP contribution in [-0.4, -0.2) is 31.5 Å². The van der Waals surface area contributed by atoms with Gasteiger partial charge < -0.3 is 19.5 Å². The second-order valence-corrected chi connectivity index (χ2v) is 5.94. The maximum absolute atomic E-state index is 13.0. The van der Waals surface area contributed by atoms with Crippen molar-refractivity contribution in [3.8, 4) is 27.8 Å². The third-order valence-corrected chi connectivity index (χ3v) is 4.32. The summed E-state index contributed by atoms with van der Waals surface area (Å²) in [6, 6.07) is 9.64. The average Bonchev–Trinajstić information content (AvgIpc) is 3.10. The highest BCUT2D eigenvalue weighted by molar-refractivity contribution is 7.18. The van der Waals surface area contributed by atoms with Gasteiger partial charge in [0.1, 0.15) is 10.8 Å². The van der Waals surface area contributed by atoms with Gasteiger partial charge in [-0.3, -0.25) is 0 Å². The largest absolute Gasteiger partial charge is 0.493 e. The lowest BCUT2D eigenvalue weighted by Crippen LogP contribution is -1.95. The summed E-state index contributed by atoms with van der Waals surface area (Å²) in [5.74, 6) is 1.31. The Morgan fingerprint density at radius 3 is 2.12 bits per heavy atom. The zero-order valence-corrected chi connectivity index (χ0v) is 14.7. The molecule has 0 aliphatic carbocycles. The molecule has 0 saturated carbocycles. The van der Waals surface area contributed by atoms with E-state index in [9.17, 15) is 4.39 Å². The smallest absolute Gasteiger partial charge is 0.210 e. The first-order valence-corrected chi connectivity index (χ1v) is 8.12. The molecule has 2 aromatic carbocycles. The van der Waals surface area contributed by atoms with Crippen LogP contribution in [0.1, 0.15) is 0 Å². The molecule has 0 aliphatic heterocycles. The average molecular weight is 361 g/mol. The lowest BCUT2D eigenvalue weighted by Gasteiger charge is -2.13. The summed E-state index contributed by atoms with van der Waals surface area (Å²) in [6.45, 7) is 0. The zero-order chi connectivity index (χ0) is 17.8. The van der Waals surface area contributed by atoms with E-state index < -0.39 is 0 Å². The van der Waals surface area contributed by atoms with Gasteiger partial charge in [-0.25, -0.2) is 4.39 Å². The predicted octanol–water partition coefficient (Wildman–Crippen LogP) is 4.11. The van der Waals surface area contributed by atoms with Crippen molar-refractivity contribution in [2.45, 2.75) is 0 Å². The van der Waals surface area contributed by atoms with E-state index in [-0.39, 0.29) is 5.82 Å². The minimum absolute atomic E-state index is 0.291. The minimum Gasteiger partial charge on any atom is -0.493 e. The van der Waals surface area contributed by atoms with Crippen LogP contribution in [-0.2, 0) is 0 Å². The van der Waals surface area contributed by atoms with Crippen LogP contribution in [0.2, 0.25) is 0 Å². The summed E-state index contributed by atoms with van der Waals surface area (Å²) < 4.78 is 29.0. The fraction of sp³-hybridized carbons (Fsp3) is 0.176. The summed E-state index contributed by atoms with van der Waals surface area (Å²) in [7, 11) is 4.67. The normalized spacial score (nSPS) is 10.4. The molecule has 3 aromatic rings. The Labute approximate surface area is 148 Å². The number of nitrogens with zero attached hydrogens (tertiary/aromatic N) is 2. The van der Waals surface area contributed by atoms with Crippen molar-refractivity contribution in [2.24, 2.45) is 0 Å². The maximum atomic E-state index is 13.0. The Hall–Kier alpha value is -2.87. The molecule has 0 fully saturated rings. The van der Waals surface area contributed by atoms with Gasteiger partial charge in [0, 0.05) is 11.3 Å². The van der Waals surface area contributed by atoms with Crippen molar-refractivity contribution >= 4 is 22.2 Å². The number of rotatable bonds is 6. The van der Waals surface area contributed by atoms with E-state index in [1.807, 2.05) is 12.1 Å². The first-order valence-electron chi connectivity index (χ1n) is 7.31. The number of aromatic nitrogens is 2. The molecule has 1 heterocycles. The highest BCUT2D eigenvalue weighted by Gasteiger charge is 2.16. The first-order chi connectivity index (χ1) is 12.1. The predicted molar refractivity (Wildman–Crippen MR) is 94.7 cm³/mol. The molecule has 1 aromatic heterocycles. The molecule has 6 nitrogen and oxygen atoms in total. The van der Waals surface area contributed by atoms with E-state index >= 15 is 0 Å². The molecule has 1 N–H and O–H groups in total. The first kappa shape index (κ1) is 17.0. The van der Waals surface area contributed by atoms with Crippen molar-refractivity contribution < 1.29 is 18.6 Å². The van der Waals surface area contributed by atoms with E-state index in [1.165, 1.54) is 23.5 Å². The quantitative estimate of drug-likeness (QED) is 0.713. The Bertz CT molecular complexity index is 843. The summed E-state index contributed by atoms with van der Waals surface area (Å²) >= 11 is 1.36. The topological polar surface area (TPSA) is 65.5 Å². The van der Waals surface area contributed by atoms with Gasteiger partial charge in [-0.05, 0) is 36.4 Å². The van der Waals surface area contributed by atoms with Gasteiger partial charge in [0.25, 0.3) is 0 Å². The van der Waals surface area contributed by atoms with E-state index in [1.54, 1.807) is 33.5 Å². The molecule has 0 radical (unpaired) electrons. The van der Waals surface area contributed by atoms with E-state index in [4.69, 9.17) is 14.2 Å². The van der Waals surface area contributed by atoms with Crippen LogP contribution in [0.5, 0.6) is 17.2 Å². The summed E-state index contributed by atoms with van der Waals surface area (Å²) in [5.41, 5.74) is 1.52. The molecule has 0 spiro atoms. The van der Waals surface area contributed by atoms with Crippen LogP contribution in [0.25, 0.3) is 10.6 Å². The molecule has 0 amide bonds. The molecular formula is C17H16FN3O3S. The third kappa shape index (κ3) is 3.63. The number of halogens is 1. The van der Waals surface area contributed by atoms with E-state index in [2.05, 4.69) is 15.5 Å². The SMILES string of the molecule is COc1cc(-c2nnc(Nc3ccc(F)cc3)s2)cc(OC)c1OC. The van der Waals surface area contributed by atoms with Crippen molar-refractivity contribution in [1.82, 2.24) is 10.2 Å². The van der Waals surface area contributed by atoms with Crippen molar-refractivity contribution in [3.63, 3.8) is 0 Å². The standard InChI is InChI=1S/C17H16FN3O3S/c1-22-13-8-10(9-14(23-2)15(13)24-3)16-20-21-17(25-16)19-12-6-4-11(18)5-7-12/h4-9H,1-3H3,(H,19,21).